The molecule has 0 unspecified atom stereocenters. The van der Waals surface area contributed by atoms with Gasteiger partial charge in [-0.15, -0.1) is 10.2 Å². The van der Waals surface area contributed by atoms with E-state index in [4.69, 9.17) is 0 Å². The summed E-state index contributed by atoms with van der Waals surface area (Å²) in [4.78, 5) is 14.4. The number of hydrogen-bond acceptors (Lipinski definition) is 5. The average Bonchev–Trinajstić information content (AvgIpc) is 3.25. The van der Waals surface area contributed by atoms with Crippen LogP contribution in [0, 0.1) is 5.82 Å². The Hall–Kier alpha value is -2.32. The molecular weight excluding hydrogens is 335 g/mol. The zero-order valence-corrected chi connectivity index (χ0v) is 14.6. The zero-order valence-electron chi connectivity index (χ0n) is 14.6. The molecule has 0 radical (unpaired) electrons. The Morgan fingerprint density at radius 1 is 1.23 bits per heavy atom. The number of nitrogens with one attached hydrogen (secondary N) is 2. The molecule has 138 valence electrons. The molecule has 1 amide bonds. The van der Waals surface area contributed by atoms with Gasteiger partial charge in [-0.1, -0.05) is 0 Å². The molecule has 2 aromatic rings. The van der Waals surface area contributed by atoms with Gasteiger partial charge in [-0.2, -0.15) is 0 Å². The number of carbonyl (C=O) groups excluding carboxylic acids is 1. The maximum atomic E-state index is 12.9. The van der Waals surface area contributed by atoms with Gasteiger partial charge in [0.2, 0.25) is 5.91 Å². The summed E-state index contributed by atoms with van der Waals surface area (Å²) in [6, 6.07) is 6.11. The van der Waals surface area contributed by atoms with Crippen molar-refractivity contribution in [2.24, 2.45) is 0 Å². The van der Waals surface area contributed by atoms with Gasteiger partial charge in [-0.25, -0.2) is 4.39 Å². The monoisotopic (exact) mass is 358 g/mol. The Bertz CT molecular complexity index is 768. The highest BCUT2D eigenvalue weighted by atomic mass is 19.1. The largest absolute Gasteiger partial charge is 0.325 e. The van der Waals surface area contributed by atoms with Crippen molar-refractivity contribution in [2.45, 2.75) is 31.8 Å². The Morgan fingerprint density at radius 3 is 2.85 bits per heavy atom. The van der Waals surface area contributed by atoms with E-state index >= 15 is 0 Å². The summed E-state index contributed by atoms with van der Waals surface area (Å²) in [5.41, 5.74) is 0.609. The molecule has 1 saturated heterocycles. The van der Waals surface area contributed by atoms with Crippen LogP contribution in [-0.2, 0) is 17.8 Å². The molecule has 2 N–H and O–H groups in total. The predicted octanol–water partition coefficient (Wildman–Crippen LogP) is 1.34. The number of halogens is 1. The molecule has 0 spiro atoms. The molecule has 26 heavy (non-hydrogen) atoms. The number of carbonyl (C=O) groups is 1. The summed E-state index contributed by atoms with van der Waals surface area (Å²) in [6.45, 7) is 3.68. The first-order valence-corrected chi connectivity index (χ1v) is 9.12. The molecule has 1 fully saturated rings. The highest BCUT2D eigenvalue weighted by Crippen LogP contribution is 2.23. The van der Waals surface area contributed by atoms with E-state index in [0.717, 1.165) is 50.7 Å². The van der Waals surface area contributed by atoms with Crippen molar-refractivity contribution in [2.75, 3.05) is 31.5 Å². The molecule has 1 aromatic heterocycles. The van der Waals surface area contributed by atoms with Gasteiger partial charge in [-0.3, -0.25) is 9.69 Å². The zero-order chi connectivity index (χ0) is 17.9. The van der Waals surface area contributed by atoms with Crippen LogP contribution >= 0.6 is 0 Å². The van der Waals surface area contributed by atoms with E-state index in [1.165, 1.54) is 18.6 Å². The Morgan fingerprint density at radius 2 is 2.08 bits per heavy atom. The van der Waals surface area contributed by atoms with Gasteiger partial charge >= 0.3 is 0 Å². The van der Waals surface area contributed by atoms with Crippen LogP contribution < -0.4 is 10.6 Å². The Balaban J connectivity index is 1.35. The van der Waals surface area contributed by atoms with Crippen molar-refractivity contribution >= 4 is 11.6 Å². The first-order chi connectivity index (χ1) is 12.7. The summed E-state index contributed by atoms with van der Waals surface area (Å²) < 4.78 is 15.2. The second-order valence-electron chi connectivity index (χ2n) is 6.86. The fraction of sp³-hybridized carbons (Fsp3) is 0.500. The average molecular weight is 358 g/mol. The smallest absolute Gasteiger partial charge is 0.238 e. The lowest BCUT2D eigenvalue weighted by atomic mass is 10.2. The molecule has 0 saturated carbocycles. The van der Waals surface area contributed by atoms with Gasteiger partial charge in [-0.05, 0) is 43.7 Å². The van der Waals surface area contributed by atoms with Crippen molar-refractivity contribution < 1.29 is 9.18 Å². The molecule has 1 aromatic carbocycles. The number of hydrogen-bond donors (Lipinski definition) is 2. The number of rotatable bonds is 4. The van der Waals surface area contributed by atoms with E-state index in [9.17, 15) is 9.18 Å². The molecular formula is C18H23FN6O. The number of anilines is 1. The second-order valence-corrected chi connectivity index (χ2v) is 6.86. The number of nitrogens with zero attached hydrogens (tertiary/aromatic N) is 4. The van der Waals surface area contributed by atoms with Crippen LogP contribution in [0.3, 0.4) is 0 Å². The van der Waals surface area contributed by atoms with E-state index in [1.54, 1.807) is 12.1 Å². The SMILES string of the molecule is O=C(CN1CCc2nnc([C@H]3CCCN3)n2CC1)Nc1ccc(F)cc1. The second kappa shape index (κ2) is 7.51. The summed E-state index contributed by atoms with van der Waals surface area (Å²) in [5.74, 6) is 1.61. The van der Waals surface area contributed by atoms with Crippen molar-refractivity contribution in [3.63, 3.8) is 0 Å². The Kier molecular flexibility index (Phi) is 4.94. The molecule has 0 bridgehead atoms. The highest BCUT2D eigenvalue weighted by Gasteiger charge is 2.26. The van der Waals surface area contributed by atoms with Crippen LogP contribution in [0.2, 0.25) is 0 Å². The van der Waals surface area contributed by atoms with Crippen LogP contribution in [0.15, 0.2) is 24.3 Å². The summed E-state index contributed by atoms with van der Waals surface area (Å²) in [5, 5.41) is 15.0. The van der Waals surface area contributed by atoms with Crippen LogP contribution in [0.1, 0.15) is 30.5 Å². The predicted molar refractivity (Wildman–Crippen MR) is 95.2 cm³/mol. The minimum absolute atomic E-state index is 0.0908. The summed E-state index contributed by atoms with van der Waals surface area (Å²) >= 11 is 0. The molecule has 1 atom stereocenters. The van der Waals surface area contributed by atoms with Gasteiger partial charge in [0.25, 0.3) is 0 Å². The van der Waals surface area contributed by atoms with Gasteiger partial charge in [0.1, 0.15) is 17.5 Å². The maximum absolute atomic E-state index is 12.9. The fourth-order valence-electron chi connectivity index (χ4n) is 3.65. The van der Waals surface area contributed by atoms with E-state index < -0.39 is 0 Å². The molecule has 4 rings (SSSR count). The van der Waals surface area contributed by atoms with Crippen molar-refractivity contribution in [3.05, 3.63) is 41.7 Å². The highest BCUT2D eigenvalue weighted by molar-refractivity contribution is 5.92. The quantitative estimate of drug-likeness (QED) is 0.863. The third-order valence-corrected chi connectivity index (χ3v) is 5.01. The van der Waals surface area contributed by atoms with Crippen LogP contribution in [0.25, 0.3) is 0 Å². The fourth-order valence-corrected chi connectivity index (χ4v) is 3.65. The lowest BCUT2D eigenvalue weighted by Gasteiger charge is -2.19. The van der Waals surface area contributed by atoms with Crippen molar-refractivity contribution in [1.29, 1.82) is 0 Å². The first kappa shape index (κ1) is 17.1. The maximum Gasteiger partial charge on any atom is 0.238 e. The number of fused-ring (bicyclic) bond motifs is 1. The van der Waals surface area contributed by atoms with Gasteiger partial charge in [0.15, 0.2) is 0 Å². The molecule has 0 aliphatic carbocycles. The third-order valence-electron chi connectivity index (χ3n) is 5.01. The minimum Gasteiger partial charge on any atom is -0.325 e. The molecule has 2 aliphatic heterocycles. The normalized spacial score (nSPS) is 20.6. The van der Waals surface area contributed by atoms with Gasteiger partial charge < -0.3 is 15.2 Å². The van der Waals surface area contributed by atoms with E-state index in [2.05, 4.69) is 30.3 Å². The van der Waals surface area contributed by atoms with E-state index in [0.29, 0.717) is 18.3 Å². The molecule has 2 aliphatic rings. The van der Waals surface area contributed by atoms with Crippen LogP contribution in [-0.4, -0.2) is 51.8 Å². The third kappa shape index (κ3) is 3.76. The van der Waals surface area contributed by atoms with Crippen LogP contribution in [0.5, 0.6) is 0 Å². The standard InChI is InChI=1S/C18H23FN6O/c19-13-3-5-14(6-4-13)21-17(26)12-24-9-7-16-22-23-18(25(16)11-10-24)15-2-1-8-20-15/h3-6,15,20H,1-2,7-12H2,(H,21,26)/t15-/m1/s1. The Labute approximate surface area is 151 Å². The van der Waals surface area contributed by atoms with Gasteiger partial charge in [0, 0.05) is 31.7 Å². The van der Waals surface area contributed by atoms with E-state index in [-0.39, 0.29) is 11.7 Å². The van der Waals surface area contributed by atoms with Gasteiger partial charge in [0.05, 0.1) is 12.6 Å². The number of benzene rings is 1. The lowest BCUT2D eigenvalue weighted by molar-refractivity contribution is -0.117. The number of aromatic nitrogens is 3. The lowest BCUT2D eigenvalue weighted by Crippen LogP contribution is -2.35. The minimum atomic E-state index is -0.314. The summed E-state index contributed by atoms with van der Waals surface area (Å²) in [7, 11) is 0. The van der Waals surface area contributed by atoms with Crippen LogP contribution in [0.4, 0.5) is 10.1 Å². The first-order valence-electron chi connectivity index (χ1n) is 9.12. The topological polar surface area (TPSA) is 75.1 Å². The molecule has 3 heterocycles. The molecule has 7 nitrogen and oxygen atoms in total. The summed E-state index contributed by atoms with van der Waals surface area (Å²) in [6.07, 6.45) is 3.05. The van der Waals surface area contributed by atoms with Crippen molar-refractivity contribution in [1.82, 2.24) is 25.0 Å². The van der Waals surface area contributed by atoms with Crippen molar-refractivity contribution in [3.8, 4) is 0 Å². The van der Waals surface area contributed by atoms with E-state index in [1.807, 2.05) is 0 Å². The number of amides is 1. The molecule has 8 heteroatoms.